The first-order chi connectivity index (χ1) is 9.10. The summed E-state index contributed by atoms with van der Waals surface area (Å²) in [7, 11) is 0. The fourth-order valence-corrected chi connectivity index (χ4v) is 2.58. The number of hydrogen-bond acceptors (Lipinski definition) is 4. The molecule has 0 saturated carbocycles. The van der Waals surface area contributed by atoms with Gasteiger partial charge in [0.25, 0.3) is 5.91 Å². The first kappa shape index (κ1) is 14.0. The maximum absolute atomic E-state index is 12.2. The van der Waals surface area contributed by atoms with Crippen molar-refractivity contribution >= 4 is 38.3 Å². The van der Waals surface area contributed by atoms with Crippen LogP contribution < -0.4 is 10.1 Å². The molecule has 19 heavy (non-hydrogen) atoms. The van der Waals surface area contributed by atoms with Crippen molar-refractivity contribution in [1.82, 2.24) is 4.98 Å². The SMILES string of the molecule is CCOc1ccc(Br)cc1C(=O)Nc1nc(C)cs1. The Hall–Kier alpha value is -1.40. The van der Waals surface area contributed by atoms with Crippen molar-refractivity contribution in [3.8, 4) is 5.75 Å². The van der Waals surface area contributed by atoms with Crippen molar-refractivity contribution in [2.45, 2.75) is 13.8 Å². The third kappa shape index (κ3) is 3.54. The highest BCUT2D eigenvalue weighted by molar-refractivity contribution is 9.10. The lowest BCUT2D eigenvalue weighted by atomic mass is 10.2. The van der Waals surface area contributed by atoms with E-state index in [1.807, 2.05) is 25.3 Å². The van der Waals surface area contributed by atoms with Crippen LogP contribution in [0.5, 0.6) is 5.75 Å². The molecule has 0 aliphatic heterocycles. The average molecular weight is 341 g/mol. The van der Waals surface area contributed by atoms with Crippen molar-refractivity contribution in [3.63, 3.8) is 0 Å². The van der Waals surface area contributed by atoms with Crippen LogP contribution in [0.3, 0.4) is 0 Å². The van der Waals surface area contributed by atoms with E-state index >= 15 is 0 Å². The van der Waals surface area contributed by atoms with Crippen molar-refractivity contribution in [3.05, 3.63) is 39.3 Å². The molecule has 0 spiro atoms. The van der Waals surface area contributed by atoms with Gasteiger partial charge in [-0.3, -0.25) is 10.1 Å². The standard InChI is InChI=1S/C13H13BrN2O2S/c1-3-18-11-5-4-9(14)6-10(11)12(17)16-13-15-8(2)7-19-13/h4-7H,3H2,1-2H3,(H,15,16,17). The van der Waals surface area contributed by atoms with Gasteiger partial charge in [-0.25, -0.2) is 4.98 Å². The molecule has 100 valence electrons. The predicted molar refractivity (Wildman–Crippen MR) is 80.1 cm³/mol. The second-order valence-corrected chi connectivity index (χ2v) is 5.60. The van der Waals surface area contributed by atoms with Crippen LogP contribution >= 0.6 is 27.3 Å². The Morgan fingerprint density at radius 1 is 1.53 bits per heavy atom. The number of nitrogens with zero attached hydrogens (tertiary/aromatic N) is 1. The Labute approximate surface area is 124 Å². The summed E-state index contributed by atoms with van der Waals surface area (Å²) < 4.78 is 6.29. The average Bonchev–Trinajstić information content (AvgIpc) is 2.77. The first-order valence-electron chi connectivity index (χ1n) is 5.76. The van der Waals surface area contributed by atoms with E-state index in [0.717, 1.165) is 10.2 Å². The number of rotatable bonds is 4. The van der Waals surface area contributed by atoms with Gasteiger partial charge in [0.2, 0.25) is 0 Å². The molecule has 0 bridgehead atoms. The number of ether oxygens (including phenoxy) is 1. The van der Waals surface area contributed by atoms with E-state index in [0.29, 0.717) is 23.1 Å². The molecule has 0 unspecified atom stereocenters. The van der Waals surface area contributed by atoms with Crippen molar-refractivity contribution in [2.24, 2.45) is 0 Å². The number of halogens is 1. The number of carbonyl (C=O) groups is 1. The van der Waals surface area contributed by atoms with Crippen molar-refractivity contribution in [2.75, 3.05) is 11.9 Å². The van der Waals surface area contributed by atoms with E-state index in [1.54, 1.807) is 12.1 Å². The van der Waals surface area contributed by atoms with E-state index in [9.17, 15) is 4.79 Å². The summed E-state index contributed by atoms with van der Waals surface area (Å²) in [6.07, 6.45) is 0. The number of thiazole rings is 1. The van der Waals surface area contributed by atoms with Gasteiger partial charge >= 0.3 is 0 Å². The van der Waals surface area contributed by atoms with Gasteiger partial charge in [-0.15, -0.1) is 11.3 Å². The molecule has 0 aliphatic rings. The Balaban J connectivity index is 2.24. The van der Waals surface area contributed by atoms with E-state index < -0.39 is 0 Å². The molecule has 2 aromatic rings. The van der Waals surface area contributed by atoms with Gasteiger partial charge in [0, 0.05) is 9.85 Å². The monoisotopic (exact) mass is 340 g/mol. The number of amides is 1. The van der Waals surface area contributed by atoms with E-state index in [4.69, 9.17) is 4.74 Å². The van der Waals surface area contributed by atoms with E-state index in [-0.39, 0.29) is 5.91 Å². The van der Waals surface area contributed by atoms with Crippen LogP contribution in [0.15, 0.2) is 28.1 Å². The van der Waals surface area contributed by atoms with E-state index in [2.05, 4.69) is 26.2 Å². The number of hydrogen-bond donors (Lipinski definition) is 1. The molecule has 1 N–H and O–H groups in total. The topological polar surface area (TPSA) is 51.2 Å². The number of anilines is 1. The van der Waals surface area contributed by atoms with Crippen LogP contribution in [-0.4, -0.2) is 17.5 Å². The normalized spacial score (nSPS) is 10.3. The quantitative estimate of drug-likeness (QED) is 0.919. The number of benzene rings is 1. The highest BCUT2D eigenvalue weighted by atomic mass is 79.9. The van der Waals surface area contributed by atoms with Crippen LogP contribution in [0.2, 0.25) is 0 Å². The van der Waals surface area contributed by atoms with Crippen molar-refractivity contribution in [1.29, 1.82) is 0 Å². The Kier molecular flexibility index (Phi) is 4.55. The van der Waals surface area contributed by atoms with Gasteiger partial charge in [-0.1, -0.05) is 15.9 Å². The highest BCUT2D eigenvalue weighted by Crippen LogP contribution is 2.25. The summed E-state index contributed by atoms with van der Waals surface area (Å²) in [4.78, 5) is 16.4. The maximum atomic E-state index is 12.2. The number of aryl methyl sites for hydroxylation is 1. The molecule has 1 aromatic carbocycles. The molecule has 0 fully saturated rings. The molecule has 6 heteroatoms. The van der Waals surface area contributed by atoms with Gasteiger partial charge in [-0.2, -0.15) is 0 Å². The van der Waals surface area contributed by atoms with Gasteiger partial charge in [0.05, 0.1) is 17.9 Å². The number of aromatic nitrogens is 1. The molecular weight excluding hydrogens is 328 g/mol. The minimum absolute atomic E-state index is 0.223. The zero-order valence-electron chi connectivity index (χ0n) is 10.6. The predicted octanol–water partition coefficient (Wildman–Crippen LogP) is 3.87. The Bertz CT molecular complexity index is 598. The van der Waals surface area contributed by atoms with Crippen LogP contribution in [0, 0.1) is 6.92 Å². The number of nitrogens with one attached hydrogen (secondary N) is 1. The molecule has 0 saturated heterocycles. The van der Waals surface area contributed by atoms with Gasteiger partial charge < -0.3 is 4.74 Å². The minimum Gasteiger partial charge on any atom is -0.493 e. The van der Waals surface area contributed by atoms with Gasteiger partial charge in [0.1, 0.15) is 5.75 Å². The molecule has 0 atom stereocenters. The molecule has 2 rings (SSSR count). The van der Waals surface area contributed by atoms with Crippen LogP contribution in [0.4, 0.5) is 5.13 Å². The molecule has 0 aliphatic carbocycles. The summed E-state index contributed by atoms with van der Waals surface area (Å²) in [6.45, 7) is 4.28. The molecular formula is C13H13BrN2O2S. The van der Waals surface area contributed by atoms with Gasteiger partial charge in [0.15, 0.2) is 5.13 Å². The summed E-state index contributed by atoms with van der Waals surface area (Å²) in [5, 5.41) is 5.25. The summed E-state index contributed by atoms with van der Waals surface area (Å²) in [6, 6.07) is 5.35. The molecule has 1 heterocycles. The first-order valence-corrected chi connectivity index (χ1v) is 7.43. The summed E-state index contributed by atoms with van der Waals surface area (Å²) in [5.74, 6) is 0.343. The lowest BCUT2D eigenvalue weighted by Crippen LogP contribution is -2.13. The van der Waals surface area contributed by atoms with Crippen molar-refractivity contribution < 1.29 is 9.53 Å². The van der Waals surface area contributed by atoms with E-state index in [1.165, 1.54) is 11.3 Å². The largest absolute Gasteiger partial charge is 0.493 e. The molecule has 1 aromatic heterocycles. The molecule has 4 nitrogen and oxygen atoms in total. The zero-order chi connectivity index (χ0) is 13.8. The Morgan fingerprint density at radius 3 is 2.95 bits per heavy atom. The minimum atomic E-state index is -0.223. The summed E-state index contributed by atoms with van der Waals surface area (Å²) >= 11 is 4.76. The second-order valence-electron chi connectivity index (χ2n) is 3.82. The zero-order valence-corrected chi connectivity index (χ0v) is 13.0. The second kappa shape index (κ2) is 6.16. The highest BCUT2D eigenvalue weighted by Gasteiger charge is 2.14. The number of carbonyl (C=O) groups excluding carboxylic acids is 1. The lowest BCUT2D eigenvalue weighted by Gasteiger charge is -2.09. The molecule has 0 radical (unpaired) electrons. The Morgan fingerprint density at radius 2 is 2.32 bits per heavy atom. The summed E-state index contributed by atoms with van der Waals surface area (Å²) in [5.41, 5.74) is 1.38. The fraction of sp³-hybridized carbons (Fsp3) is 0.231. The smallest absolute Gasteiger partial charge is 0.261 e. The van der Waals surface area contributed by atoms with Crippen LogP contribution in [0.1, 0.15) is 23.0 Å². The van der Waals surface area contributed by atoms with Gasteiger partial charge in [-0.05, 0) is 32.0 Å². The maximum Gasteiger partial charge on any atom is 0.261 e. The lowest BCUT2D eigenvalue weighted by molar-refractivity contribution is 0.102. The van der Waals surface area contributed by atoms with Crippen LogP contribution in [-0.2, 0) is 0 Å². The third-order valence-electron chi connectivity index (χ3n) is 2.33. The fourth-order valence-electron chi connectivity index (χ4n) is 1.54. The van der Waals surface area contributed by atoms with Crippen LogP contribution in [0.25, 0.3) is 0 Å². The molecule has 1 amide bonds. The third-order valence-corrected chi connectivity index (χ3v) is 3.69.